The first-order chi connectivity index (χ1) is 11.1. The number of hydrogen-bond acceptors (Lipinski definition) is 5. The van der Waals surface area contributed by atoms with Crippen molar-refractivity contribution < 1.29 is 4.79 Å². The molecular weight excluding hydrogens is 363 g/mol. The van der Waals surface area contributed by atoms with Gasteiger partial charge in [0.25, 0.3) is 5.91 Å². The lowest BCUT2D eigenvalue weighted by molar-refractivity contribution is -0.126. The number of carbonyl (C=O) groups is 1. The number of amides is 1. The van der Waals surface area contributed by atoms with Crippen molar-refractivity contribution >= 4 is 42.2 Å². The monoisotopic (exact) mass is 386 g/mol. The number of piperidine rings is 1. The van der Waals surface area contributed by atoms with Crippen molar-refractivity contribution in [3.8, 4) is 0 Å². The number of halogens is 2. The molecule has 9 heteroatoms. The van der Waals surface area contributed by atoms with Gasteiger partial charge in [-0.2, -0.15) is 5.10 Å². The van der Waals surface area contributed by atoms with E-state index in [9.17, 15) is 4.79 Å². The summed E-state index contributed by atoms with van der Waals surface area (Å²) in [5.74, 6) is 0.778. The number of nitrogens with zero attached hydrogens (tertiary/aromatic N) is 4. The van der Waals surface area contributed by atoms with Crippen LogP contribution in [0.5, 0.6) is 0 Å². The molecule has 3 heterocycles. The first-order valence-corrected chi connectivity index (χ1v) is 7.77. The minimum Gasteiger partial charge on any atom is -0.363 e. The molecule has 25 heavy (non-hydrogen) atoms. The second-order valence-corrected chi connectivity index (χ2v) is 5.98. The van der Waals surface area contributed by atoms with Gasteiger partial charge in [0, 0.05) is 44.4 Å². The highest BCUT2D eigenvalue weighted by molar-refractivity contribution is 5.97. The smallest absolute Gasteiger partial charge is 0.252 e. The molecular formula is C16H24Cl2N6O. The topological polar surface area (TPSA) is 75.1 Å². The fraction of sp³-hybridized carbons (Fsp3) is 0.438. The Morgan fingerprint density at radius 1 is 1.28 bits per heavy atom. The number of hydrogen-bond donors (Lipinski definition) is 2. The molecule has 0 atom stereocenters. The van der Waals surface area contributed by atoms with Crippen LogP contribution in [0.3, 0.4) is 0 Å². The van der Waals surface area contributed by atoms with Crippen LogP contribution in [-0.2, 0) is 10.3 Å². The van der Waals surface area contributed by atoms with Gasteiger partial charge in [-0.05, 0) is 38.1 Å². The Hall–Kier alpha value is -1.83. The second kappa shape index (κ2) is 9.03. The van der Waals surface area contributed by atoms with Crippen LogP contribution < -0.4 is 15.5 Å². The van der Waals surface area contributed by atoms with Crippen LogP contribution in [0.2, 0.25) is 0 Å². The van der Waals surface area contributed by atoms with Gasteiger partial charge in [0.15, 0.2) is 0 Å². The fourth-order valence-corrected chi connectivity index (χ4v) is 2.91. The molecule has 7 nitrogen and oxygen atoms in total. The molecule has 1 fully saturated rings. The third-order valence-corrected chi connectivity index (χ3v) is 4.26. The van der Waals surface area contributed by atoms with Gasteiger partial charge in [0.1, 0.15) is 11.4 Å². The Labute approximate surface area is 160 Å². The van der Waals surface area contributed by atoms with Gasteiger partial charge in [0.05, 0.1) is 0 Å². The van der Waals surface area contributed by atoms with Crippen LogP contribution in [0.1, 0.15) is 12.8 Å². The van der Waals surface area contributed by atoms with Crippen LogP contribution in [0, 0.1) is 0 Å². The van der Waals surface area contributed by atoms with E-state index >= 15 is 0 Å². The number of aromatic nitrogens is 3. The van der Waals surface area contributed by atoms with Crippen molar-refractivity contribution in [2.24, 2.45) is 0 Å². The third-order valence-electron chi connectivity index (χ3n) is 4.26. The Bertz CT molecular complexity index is 671. The van der Waals surface area contributed by atoms with E-state index in [2.05, 4.69) is 20.7 Å². The summed E-state index contributed by atoms with van der Waals surface area (Å²) in [7, 11) is 3.85. The van der Waals surface area contributed by atoms with Crippen molar-refractivity contribution in [2.75, 3.05) is 37.4 Å². The summed E-state index contributed by atoms with van der Waals surface area (Å²) in [5, 5.41) is 10.7. The van der Waals surface area contributed by atoms with Crippen LogP contribution in [0.25, 0.3) is 0 Å². The number of nitrogens with one attached hydrogen (secondary N) is 2. The zero-order valence-corrected chi connectivity index (χ0v) is 15.9. The van der Waals surface area contributed by atoms with E-state index in [0.29, 0.717) is 12.8 Å². The maximum atomic E-state index is 13.0. The third kappa shape index (κ3) is 4.42. The second-order valence-electron chi connectivity index (χ2n) is 5.98. The molecule has 0 aromatic carbocycles. The van der Waals surface area contributed by atoms with Crippen LogP contribution >= 0.6 is 24.8 Å². The fourth-order valence-electron chi connectivity index (χ4n) is 2.91. The first-order valence-electron chi connectivity index (χ1n) is 7.77. The zero-order chi connectivity index (χ0) is 16.3. The lowest BCUT2D eigenvalue weighted by Crippen LogP contribution is -2.52. The Morgan fingerprint density at radius 3 is 2.60 bits per heavy atom. The molecule has 138 valence electrons. The maximum Gasteiger partial charge on any atom is 0.252 e. The molecule has 0 spiro atoms. The van der Waals surface area contributed by atoms with Gasteiger partial charge in [-0.3, -0.25) is 9.48 Å². The summed E-state index contributed by atoms with van der Waals surface area (Å²) in [5.41, 5.74) is 0.106. The quantitative estimate of drug-likeness (QED) is 0.838. The molecule has 2 aromatic heterocycles. The van der Waals surface area contributed by atoms with Crippen LogP contribution in [-0.4, -0.2) is 47.9 Å². The normalized spacial score (nSPS) is 15.4. The molecule has 2 aromatic rings. The number of anilines is 2. The SMILES string of the molecule is CN(C)c1cc(NC(=O)C2(n3cccn3)CCNCC2)ccn1.Cl.Cl. The van der Waals surface area contributed by atoms with Gasteiger partial charge in [0.2, 0.25) is 0 Å². The summed E-state index contributed by atoms with van der Waals surface area (Å²) >= 11 is 0. The number of rotatable bonds is 4. The maximum absolute atomic E-state index is 13.0. The summed E-state index contributed by atoms with van der Waals surface area (Å²) in [4.78, 5) is 19.2. The highest BCUT2D eigenvalue weighted by Crippen LogP contribution is 2.29. The average Bonchev–Trinajstić information content (AvgIpc) is 3.10. The van der Waals surface area contributed by atoms with E-state index in [1.807, 2.05) is 43.4 Å². The summed E-state index contributed by atoms with van der Waals surface area (Å²) < 4.78 is 1.79. The lowest BCUT2D eigenvalue weighted by Gasteiger charge is -2.36. The highest BCUT2D eigenvalue weighted by atomic mass is 35.5. The van der Waals surface area contributed by atoms with Crippen molar-refractivity contribution in [2.45, 2.75) is 18.4 Å². The molecule has 1 amide bonds. The zero-order valence-electron chi connectivity index (χ0n) is 14.3. The Balaban J connectivity index is 0.00000156. The van der Waals surface area contributed by atoms with Crippen LogP contribution in [0.15, 0.2) is 36.8 Å². The van der Waals surface area contributed by atoms with Crippen molar-refractivity contribution in [1.29, 1.82) is 0 Å². The summed E-state index contributed by atoms with van der Waals surface area (Å²) in [6.07, 6.45) is 6.71. The average molecular weight is 387 g/mol. The molecule has 3 rings (SSSR count). The molecule has 1 saturated heterocycles. The van der Waals surface area contributed by atoms with E-state index in [0.717, 1.165) is 24.6 Å². The largest absolute Gasteiger partial charge is 0.363 e. The standard InChI is InChI=1S/C16H22N6O.2ClH/c1-21(2)14-12-13(4-8-18-14)20-15(23)16(5-9-17-10-6-16)22-11-3-7-19-22;;/h3-4,7-8,11-12,17H,5-6,9-10H2,1-2H3,(H,18,20,23);2*1H. The first kappa shape index (κ1) is 21.2. The molecule has 1 aliphatic heterocycles. The van der Waals surface area contributed by atoms with Crippen molar-refractivity contribution in [1.82, 2.24) is 20.1 Å². The molecule has 2 N–H and O–H groups in total. The van der Waals surface area contributed by atoms with E-state index in [-0.39, 0.29) is 30.7 Å². The summed E-state index contributed by atoms with van der Waals surface area (Å²) in [6, 6.07) is 5.53. The van der Waals surface area contributed by atoms with E-state index in [1.54, 1.807) is 17.1 Å². The number of pyridine rings is 1. The molecule has 0 radical (unpaired) electrons. The van der Waals surface area contributed by atoms with E-state index in [4.69, 9.17) is 0 Å². The molecule has 0 aliphatic carbocycles. The Kier molecular flexibility index (Phi) is 7.66. The molecule has 0 unspecified atom stereocenters. The number of carbonyl (C=O) groups excluding carboxylic acids is 1. The molecule has 1 aliphatic rings. The molecule has 0 bridgehead atoms. The Morgan fingerprint density at radius 2 is 2.00 bits per heavy atom. The van der Waals surface area contributed by atoms with Crippen molar-refractivity contribution in [3.05, 3.63) is 36.8 Å². The summed E-state index contributed by atoms with van der Waals surface area (Å²) in [6.45, 7) is 1.60. The predicted molar refractivity (Wildman–Crippen MR) is 104 cm³/mol. The van der Waals surface area contributed by atoms with Gasteiger partial charge < -0.3 is 15.5 Å². The predicted octanol–water partition coefficient (Wildman–Crippen LogP) is 1.91. The molecule has 0 saturated carbocycles. The van der Waals surface area contributed by atoms with Gasteiger partial charge >= 0.3 is 0 Å². The highest BCUT2D eigenvalue weighted by Gasteiger charge is 2.42. The van der Waals surface area contributed by atoms with Gasteiger partial charge in [-0.15, -0.1) is 24.8 Å². The van der Waals surface area contributed by atoms with Gasteiger partial charge in [-0.1, -0.05) is 0 Å². The van der Waals surface area contributed by atoms with Crippen LogP contribution in [0.4, 0.5) is 11.5 Å². The van der Waals surface area contributed by atoms with E-state index in [1.165, 1.54) is 0 Å². The minimum atomic E-state index is -0.643. The van der Waals surface area contributed by atoms with E-state index < -0.39 is 5.54 Å². The van der Waals surface area contributed by atoms with Crippen molar-refractivity contribution in [3.63, 3.8) is 0 Å². The lowest BCUT2D eigenvalue weighted by atomic mass is 9.87. The van der Waals surface area contributed by atoms with Gasteiger partial charge in [-0.25, -0.2) is 4.98 Å². The minimum absolute atomic E-state index is 0.